The third-order valence-corrected chi connectivity index (χ3v) is 7.35. The molecule has 0 N–H and O–H groups in total. The van der Waals surface area contributed by atoms with Crippen LogP contribution < -0.4 is 4.90 Å². The molecular weight excluding hydrogens is 468 g/mol. The minimum atomic E-state index is 0.142. The van der Waals surface area contributed by atoms with E-state index in [2.05, 4.69) is 63.0 Å². The van der Waals surface area contributed by atoms with Crippen LogP contribution in [0, 0.1) is 0 Å². The van der Waals surface area contributed by atoms with Crippen molar-refractivity contribution >= 4 is 41.2 Å². The van der Waals surface area contributed by atoms with Gasteiger partial charge in [0.1, 0.15) is 11.0 Å². The second-order valence-electron chi connectivity index (χ2n) is 8.54. The van der Waals surface area contributed by atoms with Crippen LogP contribution in [-0.2, 0) is 4.79 Å². The fourth-order valence-electron chi connectivity index (χ4n) is 4.20. The number of carbonyl (C=O) groups excluding carboxylic acids is 1. The lowest BCUT2D eigenvalue weighted by Gasteiger charge is -2.35. The van der Waals surface area contributed by atoms with E-state index in [1.54, 1.807) is 0 Å². The number of thioether (sulfide) groups is 1. The van der Waals surface area contributed by atoms with Gasteiger partial charge in [-0.05, 0) is 12.1 Å². The largest absolute Gasteiger partial charge is 0.354 e. The molecule has 182 valence electrons. The van der Waals surface area contributed by atoms with Crippen molar-refractivity contribution in [2.45, 2.75) is 12.1 Å². The number of amides is 1. The van der Waals surface area contributed by atoms with Gasteiger partial charge >= 0.3 is 0 Å². The number of carbonyl (C=O) groups is 1. The van der Waals surface area contributed by atoms with Crippen LogP contribution in [0.25, 0.3) is 6.08 Å². The molecule has 34 heavy (non-hydrogen) atoms. The molecule has 0 saturated carbocycles. The molecular formula is C25H33ClN6OS. The van der Waals surface area contributed by atoms with Crippen LogP contribution in [0.4, 0.5) is 5.82 Å². The fourth-order valence-corrected chi connectivity index (χ4v) is 5.19. The lowest BCUT2D eigenvalue weighted by atomic mass is 10.2. The number of likely N-dealkylation sites (N-methyl/N-ethyl adjacent to an activating group) is 1. The van der Waals surface area contributed by atoms with Crippen molar-refractivity contribution in [1.82, 2.24) is 24.7 Å². The number of aromatic nitrogens is 2. The normalized spacial score (nSPS) is 18.1. The maximum absolute atomic E-state index is 12.6. The van der Waals surface area contributed by atoms with Crippen molar-refractivity contribution in [3.8, 4) is 0 Å². The number of halogens is 1. The lowest BCUT2D eigenvalue weighted by Crippen LogP contribution is -2.49. The van der Waals surface area contributed by atoms with Crippen molar-refractivity contribution < 1.29 is 4.79 Å². The van der Waals surface area contributed by atoms with Gasteiger partial charge < -0.3 is 14.7 Å². The molecule has 1 amide bonds. The van der Waals surface area contributed by atoms with Crippen molar-refractivity contribution in [1.29, 1.82) is 0 Å². The Balaban J connectivity index is 1.25. The van der Waals surface area contributed by atoms with Gasteiger partial charge in [-0.3, -0.25) is 9.69 Å². The van der Waals surface area contributed by atoms with E-state index in [9.17, 15) is 4.79 Å². The van der Waals surface area contributed by atoms with E-state index in [4.69, 9.17) is 16.6 Å². The zero-order valence-corrected chi connectivity index (χ0v) is 21.3. The predicted molar refractivity (Wildman–Crippen MR) is 141 cm³/mol. The number of hydrogen-bond acceptors (Lipinski definition) is 7. The molecule has 3 heterocycles. The monoisotopic (exact) mass is 500 g/mol. The Labute approximate surface area is 211 Å². The minimum Gasteiger partial charge on any atom is -0.354 e. The highest BCUT2D eigenvalue weighted by atomic mass is 35.5. The molecule has 0 unspecified atom stereocenters. The van der Waals surface area contributed by atoms with Crippen LogP contribution >= 0.6 is 23.4 Å². The summed E-state index contributed by atoms with van der Waals surface area (Å²) in [4.78, 5) is 30.7. The van der Waals surface area contributed by atoms with Gasteiger partial charge in [0.15, 0.2) is 5.16 Å². The molecule has 0 aliphatic carbocycles. The van der Waals surface area contributed by atoms with Gasteiger partial charge in [-0.2, -0.15) is 0 Å². The molecule has 1 aromatic carbocycles. The molecule has 9 heteroatoms. The first-order valence-electron chi connectivity index (χ1n) is 12.0. The molecule has 0 atom stereocenters. The maximum Gasteiger partial charge on any atom is 0.233 e. The Morgan fingerprint density at radius 1 is 1.00 bits per heavy atom. The SMILES string of the molecule is CCN1CCN(C(=O)CSc2nc(Cl)cc(N3CCN(C/C=C/c4ccccc4)CC3)n2)CC1. The highest BCUT2D eigenvalue weighted by molar-refractivity contribution is 7.99. The number of nitrogens with zero attached hydrogens (tertiary/aromatic N) is 6. The Morgan fingerprint density at radius 3 is 2.41 bits per heavy atom. The number of piperazine rings is 2. The lowest BCUT2D eigenvalue weighted by molar-refractivity contribution is -0.130. The summed E-state index contributed by atoms with van der Waals surface area (Å²) >= 11 is 7.68. The summed E-state index contributed by atoms with van der Waals surface area (Å²) in [5, 5.41) is 0.987. The predicted octanol–water partition coefficient (Wildman–Crippen LogP) is 3.22. The van der Waals surface area contributed by atoms with Crippen molar-refractivity contribution in [3.05, 3.63) is 53.2 Å². The number of benzene rings is 1. The Kier molecular flexibility index (Phi) is 9.21. The van der Waals surface area contributed by atoms with Crippen LogP contribution in [0.1, 0.15) is 12.5 Å². The fraction of sp³-hybridized carbons (Fsp3) is 0.480. The number of hydrogen-bond donors (Lipinski definition) is 0. The van der Waals surface area contributed by atoms with E-state index >= 15 is 0 Å². The van der Waals surface area contributed by atoms with E-state index in [1.165, 1.54) is 17.3 Å². The first-order valence-corrected chi connectivity index (χ1v) is 13.3. The second kappa shape index (κ2) is 12.5. The summed E-state index contributed by atoms with van der Waals surface area (Å²) in [5.74, 6) is 1.32. The second-order valence-corrected chi connectivity index (χ2v) is 9.87. The average molecular weight is 501 g/mol. The molecule has 4 rings (SSSR count). The quantitative estimate of drug-likeness (QED) is 0.313. The molecule has 2 aliphatic heterocycles. The first-order chi connectivity index (χ1) is 16.6. The highest BCUT2D eigenvalue weighted by Crippen LogP contribution is 2.23. The Bertz CT molecular complexity index is 959. The topological polar surface area (TPSA) is 55.8 Å². The van der Waals surface area contributed by atoms with E-state index in [0.717, 1.165) is 71.3 Å². The third kappa shape index (κ3) is 7.18. The Hall–Kier alpha value is -2.13. The van der Waals surface area contributed by atoms with Crippen LogP contribution in [0.2, 0.25) is 5.15 Å². The summed E-state index contributed by atoms with van der Waals surface area (Å²) < 4.78 is 0. The maximum atomic E-state index is 12.6. The van der Waals surface area contributed by atoms with Gasteiger partial charge in [0.25, 0.3) is 0 Å². The van der Waals surface area contributed by atoms with E-state index < -0.39 is 0 Å². The molecule has 0 radical (unpaired) electrons. The minimum absolute atomic E-state index is 0.142. The van der Waals surface area contributed by atoms with Crippen LogP contribution in [0.3, 0.4) is 0 Å². The van der Waals surface area contributed by atoms with Gasteiger partial charge in [-0.1, -0.05) is 72.8 Å². The first kappa shape index (κ1) is 25.0. The number of anilines is 1. The summed E-state index contributed by atoms with van der Waals surface area (Å²) in [5.41, 5.74) is 1.23. The summed E-state index contributed by atoms with van der Waals surface area (Å²) in [6.45, 7) is 11.3. The molecule has 2 aromatic rings. The smallest absolute Gasteiger partial charge is 0.233 e. The van der Waals surface area contributed by atoms with Crippen molar-refractivity contribution in [2.24, 2.45) is 0 Å². The van der Waals surface area contributed by atoms with Crippen LogP contribution in [-0.4, -0.2) is 102 Å². The standard InChI is InChI=1S/C25H33ClN6OS/c1-2-29-11-17-32(18-12-29)24(33)20-34-25-27-22(26)19-23(28-25)31-15-13-30(14-16-31)10-6-9-21-7-4-3-5-8-21/h3-9,19H,2,10-18,20H2,1H3/b9-6+. The Morgan fingerprint density at radius 2 is 1.71 bits per heavy atom. The van der Waals surface area contributed by atoms with Crippen LogP contribution in [0.5, 0.6) is 0 Å². The molecule has 0 spiro atoms. The van der Waals surface area contributed by atoms with E-state index in [0.29, 0.717) is 16.1 Å². The molecule has 2 saturated heterocycles. The molecule has 2 fully saturated rings. The summed E-state index contributed by atoms with van der Waals surface area (Å²) in [7, 11) is 0. The molecule has 2 aliphatic rings. The van der Waals surface area contributed by atoms with Gasteiger partial charge in [0, 0.05) is 65.0 Å². The van der Waals surface area contributed by atoms with Crippen LogP contribution in [0.15, 0.2) is 47.6 Å². The third-order valence-electron chi connectivity index (χ3n) is 6.33. The zero-order chi connectivity index (χ0) is 23.8. The van der Waals surface area contributed by atoms with Gasteiger partial charge in [-0.25, -0.2) is 9.97 Å². The highest BCUT2D eigenvalue weighted by Gasteiger charge is 2.22. The van der Waals surface area contributed by atoms with E-state index in [1.807, 2.05) is 17.0 Å². The summed E-state index contributed by atoms with van der Waals surface area (Å²) in [6.07, 6.45) is 4.39. The van der Waals surface area contributed by atoms with Gasteiger partial charge in [0.2, 0.25) is 5.91 Å². The van der Waals surface area contributed by atoms with Gasteiger partial charge in [-0.15, -0.1) is 0 Å². The molecule has 0 bridgehead atoms. The van der Waals surface area contributed by atoms with Crippen molar-refractivity contribution in [3.63, 3.8) is 0 Å². The van der Waals surface area contributed by atoms with E-state index in [-0.39, 0.29) is 5.91 Å². The molecule has 1 aromatic heterocycles. The van der Waals surface area contributed by atoms with Gasteiger partial charge in [0.05, 0.1) is 5.75 Å². The molecule has 7 nitrogen and oxygen atoms in total. The average Bonchev–Trinajstić information content (AvgIpc) is 2.88. The van der Waals surface area contributed by atoms with Crippen molar-refractivity contribution in [2.75, 3.05) is 76.1 Å². The number of rotatable bonds is 8. The summed E-state index contributed by atoms with van der Waals surface area (Å²) in [6, 6.07) is 12.2. The zero-order valence-electron chi connectivity index (χ0n) is 19.8.